The minimum absolute atomic E-state index is 0.337. The topological polar surface area (TPSA) is 21.3 Å². The first-order valence-corrected chi connectivity index (χ1v) is 11.9. The van der Waals surface area contributed by atoms with Crippen molar-refractivity contribution in [2.45, 2.75) is 71.1 Å². The summed E-state index contributed by atoms with van der Waals surface area (Å²) in [5.74, 6) is 1.78. The van der Waals surface area contributed by atoms with E-state index in [0.29, 0.717) is 33.0 Å². The van der Waals surface area contributed by atoms with Crippen molar-refractivity contribution in [2.75, 3.05) is 0 Å². The van der Waals surface area contributed by atoms with Crippen molar-refractivity contribution in [3.05, 3.63) is 63.6 Å². The SMILES string of the molecule is CC12CC3CC(C)(C1)CC(NCc1ccc(OCc4ccc(Cl)cc4Cl)cc1)(C3)C2. The van der Waals surface area contributed by atoms with Gasteiger partial charge in [0.2, 0.25) is 0 Å². The second kappa shape index (κ2) is 7.43. The van der Waals surface area contributed by atoms with Crippen LogP contribution in [0.3, 0.4) is 0 Å². The average molecular weight is 444 g/mol. The molecule has 4 aliphatic carbocycles. The number of hydrogen-bond acceptors (Lipinski definition) is 2. The van der Waals surface area contributed by atoms with Crippen molar-refractivity contribution >= 4 is 23.2 Å². The van der Waals surface area contributed by atoms with Crippen molar-refractivity contribution in [2.24, 2.45) is 16.7 Å². The Balaban J connectivity index is 1.20. The van der Waals surface area contributed by atoms with E-state index in [9.17, 15) is 0 Å². The Morgan fingerprint density at radius 3 is 2.27 bits per heavy atom. The Morgan fingerprint density at radius 2 is 1.63 bits per heavy atom. The maximum absolute atomic E-state index is 6.24. The van der Waals surface area contributed by atoms with Crippen molar-refractivity contribution in [1.82, 2.24) is 5.32 Å². The molecule has 4 saturated carbocycles. The van der Waals surface area contributed by atoms with Crippen LogP contribution in [0.1, 0.15) is 63.5 Å². The summed E-state index contributed by atoms with van der Waals surface area (Å²) in [5.41, 5.74) is 3.68. The molecule has 4 bridgehead atoms. The molecule has 2 atom stereocenters. The quantitative estimate of drug-likeness (QED) is 0.501. The Hall–Kier alpha value is -1.22. The number of hydrogen-bond donors (Lipinski definition) is 1. The lowest BCUT2D eigenvalue weighted by Gasteiger charge is -2.65. The Kier molecular flexibility index (Phi) is 5.12. The maximum Gasteiger partial charge on any atom is 0.119 e. The van der Waals surface area contributed by atoms with Crippen LogP contribution in [-0.4, -0.2) is 5.54 Å². The molecule has 0 aromatic heterocycles. The molecule has 4 heteroatoms. The first-order chi connectivity index (χ1) is 14.2. The summed E-state index contributed by atoms with van der Waals surface area (Å²) in [6.45, 7) is 6.44. The molecule has 0 radical (unpaired) electrons. The molecule has 2 aromatic carbocycles. The number of rotatable bonds is 6. The molecule has 4 fully saturated rings. The van der Waals surface area contributed by atoms with E-state index in [0.717, 1.165) is 23.8 Å². The summed E-state index contributed by atoms with van der Waals surface area (Å²) in [5, 5.41) is 5.29. The predicted molar refractivity (Wildman–Crippen MR) is 124 cm³/mol. The van der Waals surface area contributed by atoms with E-state index in [1.165, 1.54) is 44.1 Å². The molecule has 2 unspecified atom stereocenters. The van der Waals surface area contributed by atoms with Crippen LogP contribution in [0.4, 0.5) is 0 Å². The molecule has 160 valence electrons. The largest absolute Gasteiger partial charge is 0.489 e. The van der Waals surface area contributed by atoms with Gasteiger partial charge in [-0.1, -0.05) is 55.2 Å². The minimum atomic E-state index is 0.337. The number of benzene rings is 2. The third kappa shape index (κ3) is 4.11. The van der Waals surface area contributed by atoms with Crippen molar-refractivity contribution in [3.8, 4) is 5.75 Å². The van der Waals surface area contributed by atoms with Gasteiger partial charge in [-0.25, -0.2) is 0 Å². The van der Waals surface area contributed by atoms with Gasteiger partial charge in [0.15, 0.2) is 0 Å². The van der Waals surface area contributed by atoms with Crippen LogP contribution in [-0.2, 0) is 13.2 Å². The fourth-order valence-electron chi connectivity index (χ4n) is 7.44. The van der Waals surface area contributed by atoms with E-state index in [4.69, 9.17) is 27.9 Å². The third-order valence-electron chi connectivity index (χ3n) is 7.63. The van der Waals surface area contributed by atoms with Crippen LogP contribution in [0.5, 0.6) is 5.75 Å². The third-order valence-corrected chi connectivity index (χ3v) is 8.21. The molecule has 1 N–H and O–H groups in total. The summed E-state index contributed by atoms with van der Waals surface area (Å²) in [6, 6.07) is 14.0. The molecule has 0 heterocycles. The first-order valence-electron chi connectivity index (χ1n) is 11.1. The second-order valence-electron chi connectivity index (χ2n) is 10.9. The van der Waals surface area contributed by atoms with Gasteiger partial charge in [0, 0.05) is 27.7 Å². The van der Waals surface area contributed by atoms with Crippen LogP contribution in [0.2, 0.25) is 10.0 Å². The van der Waals surface area contributed by atoms with E-state index in [1.54, 1.807) is 6.07 Å². The number of halogens is 2. The highest BCUT2D eigenvalue weighted by Crippen LogP contribution is 2.66. The van der Waals surface area contributed by atoms with Crippen LogP contribution in [0.25, 0.3) is 0 Å². The number of ether oxygens (including phenoxy) is 1. The molecule has 0 spiro atoms. The van der Waals surface area contributed by atoms with Crippen molar-refractivity contribution in [1.29, 1.82) is 0 Å². The Morgan fingerprint density at radius 1 is 0.933 bits per heavy atom. The van der Waals surface area contributed by atoms with Gasteiger partial charge in [0.05, 0.1) is 0 Å². The van der Waals surface area contributed by atoms with E-state index < -0.39 is 0 Å². The van der Waals surface area contributed by atoms with Gasteiger partial charge < -0.3 is 10.1 Å². The highest BCUT2D eigenvalue weighted by molar-refractivity contribution is 6.35. The summed E-state index contributed by atoms with van der Waals surface area (Å²) >= 11 is 12.2. The molecule has 2 nitrogen and oxygen atoms in total. The van der Waals surface area contributed by atoms with Gasteiger partial charge in [-0.05, 0) is 85.1 Å². The summed E-state index contributed by atoms with van der Waals surface area (Å²) < 4.78 is 5.92. The highest BCUT2D eigenvalue weighted by Gasteiger charge is 2.59. The van der Waals surface area contributed by atoms with Crippen LogP contribution in [0, 0.1) is 16.7 Å². The molecular weight excluding hydrogens is 413 g/mol. The van der Waals surface area contributed by atoms with E-state index in [1.807, 2.05) is 12.1 Å². The van der Waals surface area contributed by atoms with Gasteiger partial charge in [0.1, 0.15) is 12.4 Å². The molecule has 4 aliphatic rings. The molecule has 30 heavy (non-hydrogen) atoms. The molecule has 0 saturated heterocycles. The lowest BCUT2D eigenvalue weighted by Crippen LogP contribution is -2.63. The van der Waals surface area contributed by atoms with Crippen LogP contribution in [0.15, 0.2) is 42.5 Å². The normalized spacial score (nSPS) is 34.3. The van der Waals surface area contributed by atoms with Gasteiger partial charge in [-0.15, -0.1) is 0 Å². The Labute approximate surface area is 190 Å². The molecule has 0 amide bonds. The fourth-order valence-corrected chi connectivity index (χ4v) is 7.90. The summed E-state index contributed by atoms with van der Waals surface area (Å²) in [4.78, 5) is 0. The zero-order valence-electron chi connectivity index (χ0n) is 17.9. The predicted octanol–water partition coefficient (Wildman–Crippen LogP) is 7.41. The smallest absolute Gasteiger partial charge is 0.119 e. The maximum atomic E-state index is 6.24. The highest BCUT2D eigenvalue weighted by atomic mass is 35.5. The van der Waals surface area contributed by atoms with E-state index in [2.05, 4.69) is 43.4 Å². The van der Waals surface area contributed by atoms with E-state index >= 15 is 0 Å². The van der Waals surface area contributed by atoms with Gasteiger partial charge in [-0.2, -0.15) is 0 Å². The lowest BCUT2D eigenvalue weighted by molar-refractivity contribution is -0.118. The van der Waals surface area contributed by atoms with Crippen molar-refractivity contribution < 1.29 is 4.74 Å². The summed E-state index contributed by atoms with van der Waals surface area (Å²) in [7, 11) is 0. The summed E-state index contributed by atoms with van der Waals surface area (Å²) in [6.07, 6.45) is 8.35. The van der Waals surface area contributed by atoms with Crippen LogP contribution < -0.4 is 10.1 Å². The van der Waals surface area contributed by atoms with Gasteiger partial charge in [-0.3, -0.25) is 0 Å². The molecule has 6 rings (SSSR count). The van der Waals surface area contributed by atoms with E-state index in [-0.39, 0.29) is 0 Å². The standard InChI is InChI=1S/C26H31Cl2NO/c1-24-10-19-11-25(2,15-24)17-26(12-19,16-24)29-13-18-3-7-22(8-4-18)30-14-20-5-6-21(27)9-23(20)28/h3-9,19,29H,10-17H2,1-2H3. The lowest BCUT2D eigenvalue weighted by atomic mass is 9.43. The minimum Gasteiger partial charge on any atom is -0.489 e. The average Bonchev–Trinajstić information content (AvgIpc) is 2.64. The zero-order valence-corrected chi connectivity index (χ0v) is 19.5. The molecular formula is C26H31Cl2NO. The van der Waals surface area contributed by atoms with Gasteiger partial charge in [0.25, 0.3) is 0 Å². The van der Waals surface area contributed by atoms with Crippen molar-refractivity contribution in [3.63, 3.8) is 0 Å². The Bertz CT molecular complexity index is 923. The monoisotopic (exact) mass is 443 g/mol. The van der Waals surface area contributed by atoms with Gasteiger partial charge >= 0.3 is 0 Å². The number of nitrogens with one attached hydrogen (secondary N) is 1. The molecule has 0 aliphatic heterocycles. The molecule has 2 aromatic rings. The second-order valence-corrected chi connectivity index (χ2v) is 11.8. The fraction of sp³-hybridized carbons (Fsp3) is 0.538. The zero-order chi connectivity index (χ0) is 21.0. The first kappa shape index (κ1) is 20.7. The van der Waals surface area contributed by atoms with Crippen LogP contribution >= 0.6 is 23.2 Å².